The topological polar surface area (TPSA) is 41.1 Å². The number of aromatic nitrogens is 2. The standard InChI is InChI=1S/C15H28N4/c1-6-10-16-14-13(9-4)15(18-11-17-14)19(5)12(7-2)8-3/h11-12H,6-10H2,1-5H3,(H,16,17,18). The van der Waals surface area contributed by atoms with Crippen molar-refractivity contribution in [2.45, 2.75) is 59.4 Å². The maximum absolute atomic E-state index is 4.51. The van der Waals surface area contributed by atoms with Crippen molar-refractivity contribution >= 4 is 11.6 Å². The van der Waals surface area contributed by atoms with E-state index in [1.807, 2.05) is 0 Å². The number of nitrogens with zero attached hydrogens (tertiary/aromatic N) is 3. The maximum Gasteiger partial charge on any atom is 0.137 e. The average molecular weight is 264 g/mol. The molecule has 1 aromatic heterocycles. The van der Waals surface area contributed by atoms with Gasteiger partial charge < -0.3 is 10.2 Å². The molecule has 1 aromatic rings. The normalized spacial score (nSPS) is 10.8. The molecule has 0 bridgehead atoms. The van der Waals surface area contributed by atoms with E-state index < -0.39 is 0 Å². The van der Waals surface area contributed by atoms with E-state index in [0.717, 1.165) is 43.9 Å². The molecule has 4 heteroatoms. The number of hydrogen-bond donors (Lipinski definition) is 1. The molecule has 1 heterocycles. The summed E-state index contributed by atoms with van der Waals surface area (Å²) in [5, 5.41) is 3.41. The smallest absolute Gasteiger partial charge is 0.137 e. The van der Waals surface area contributed by atoms with E-state index in [1.54, 1.807) is 6.33 Å². The van der Waals surface area contributed by atoms with Crippen LogP contribution in [-0.2, 0) is 6.42 Å². The Kier molecular flexibility index (Phi) is 6.60. The second-order valence-electron chi connectivity index (χ2n) is 4.89. The Balaban J connectivity index is 3.05. The van der Waals surface area contributed by atoms with E-state index >= 15 is 0 Å². The first-order chi connectivity index (χ1) is 9.19. The first-order valence-electron chi connectivity index (χ1n) is 7.49. The molecular formula is C15H28N4. The molecule has 108 valence electrons. The Morgan fingerprint density at radius 3 is 2.37 bits per heavy atom. The molecule has 19 heavy (non-hydrogen) atoms. The van der Waals surface area contributed by atoms with Crippen molar-refractivity contribution in [3.63, 3.8) is 0 Å². The number of anilines is 2. The predicted octanol–water partition coefficient (Wildman–Crippen LogP) is 3.49. The highest BCUT2D eigenvalue weighted by Gasteiger charge is 2.18. The van der Waals surface area contributed by atoms with Gasteiger partial charge in [-0.15, -0.1) is 0 Å². The minimum absolute atomic E-state index is 0.541. The molecule has 0 aliphatic heterocycles. The van der Waals surface area contributed by atoms with E-state index in [-0.39, 0.29) is 0 Å². The fraction of sp³-hybridized carbons (Fsp3) is 0.733. The van der Waals surface area contributed by atoms with Gasteiger partial charge in [-0.25, -0.2) is 9.97 Å². The fourth-order valence-corrected chi connectivity index (χ4v) is 2.44. The lowest BCUT2D eigenvalue weighted by atomic mass is 10.1. The largest absolute Gasteiger partial charge is 0.370 e. The van der Waals surface area contributed by atoms with Crippen LogP contribution in [-0.4, -0.2) is 29.6 Å². The molecule has 0 fully saturated rings. The van der Waals surface area contributed by atoms with Crippen LogP contribution in [0.3, 0.4) is 0 Å². The van der Waals surface area contributed by atoms with Crippen molar-refractivity contribution < 1.29 is 0 Å². The molecule has 0 saturated carbocycles. The zero-order valence-electron chi connectivity index (χ0n) is 13.0. The lowest BCUT2D eigenvalue weighted by molar-refractivity contribution is 0.584. The van der Waals surface area contributed by atoms with E-state index in [4.69, 9.17) is 0 Å². The molecule has 0 aromatic carbocycles. The first-order valence-corrected chi connectivity index (χ1v) is 7.49. The molecule has 0 unspecified atom stereocenters. The maximum atomic E-state index is 4.51. The van der Waals surface area contributed by atoms with Gasteiger partial charge in [-0.1, -0.05) is 27.7 Å². The highest BCUT2D eigenvalue weighted by atomic mass is 15.2. The van der Waals surface area contributed by atoms with Crippen molar-refractivity contribution in [2.24, 2.45) is 0 Å². The molecule has 0 spiro atoms. The van der Waals surface area contributed by atoms with Crippen LogP contribution < -0.4 is 10.2 Å². The molecule has 1 rings (SSSR count). The minimum atomic E-state index is 0.541. The van der Waals surface area contributed by atoms with Crippen molar-refractivity contribution in [3.05, 3.63) is 11.9 Å². The predicted molar refractivity (Wildman–Crippen MR) is 83.0 cm³/mol. The molecule has 0 radical (unpaired) electrons. The number of hydrogen-bond acceptors (Lipinski definition) is 4. The lowest BCUT2D eigenvalue weighted by Gasteiger charge is -2.29. The summed E-state index contributed by atoms with van der Waals surface area (Å²) < 4.78 is 0. The van der Waals surface area contributed by atoms with Crippen LogP contribution in [0.5, 0.6) is 0 Å². The zero-order valence-corrected chi connectivity index (χ0v) is 13.0. The number of rotatable bonds is 8. The van der Waals surface area contributed by atoms with Gasteiger partial charge in [0.15, 0.2) is 0 Å². The van der Waals surface area contributed by atoms with E-state index in [2.05, 4.69) is 54.9 Å². The molecule has 1 N–H and O–H groups in total. The van der Waals surface area contributed by atoms with Crippen LogP contribution in [0.4, 0.5) is 11.6 Å². The summed E-state index contributed by atoms with van der Waals surface area (Å²) >= 11 is 0. The highest BCUT2D eigenvalue weighted by molar-refractivity contribution is 5.58. The van der Waals surface area contributed by atoms with Gasteiger partial charge in [0.2, 0.25) is 0 Å². The molecule has 0 saturated heterocycles. The van der Waals surface area contributed by atoms with Crippen molar-refractivity contribution in [2.75, 3.05) is 23.8 Å². The Morgan fingerprint density at radius 2 is 1.84 bits per heavy atom. The molecule has 0 aliphatic rings. The van der Waals surface area contributed by atoms with Gasteiger partial charge in [0.1, 0.15) is 18.0 Å². The van der Waals surface area contributed by atoms with E-state index in [0.29, 0.717) is 6.04 Å². The monoisotopic (exact) mass is 264 g/mol. The second-order valence-corrected chi connectivity index (χ2v) is 4.89. The highest BCUT2D eigenvalue weighted by Crippen LogP contribution is 2.25. The third-order valence-electron chi connectivity index (χ3n) is 3.64. The third-order valence-corrected chi connectivity index (χ3v) is 3.64. The minimum Gasteiger partial charge on any atom is -0.370 e. The molecular weight excluding hydrogens is 236 g/mol. The van der Waals surface area contributed by atoms with Crippen LogP contribution in [0.25, 0.3) is 0 Å². The lowest BCUT2D eigenvalue weighted by Crippen LogP contribution is -2.32. The fourth-order valence-electron chi connectivity index (χ4n) is 2.44. The summed E-state index contributed by atoms with van der Waals surface area (Å²) in [4.78, 5) is 11.2. The van der Waals surface area contributed by atoms with Crippen LogP contribution in [0.2, 0.25) is 0 Å². The first kappa shape index (κ1) is 15.7. The van der Waals surface area contributed by atoms with Crippen LogP contribution >= 0.6 is 0 Å². The van der Waals surface area contributed by atoms with Gasteiger partial charge in [0.05, 0.1) is 0 Å². The number of nitrogens with one attached hydrogen (secondary N) is 1. The zero-order chi connectivity index (χ0) is 14.3. The SMILES string of the molecule is CCCNc1ncnc(N(C)C(CC)CC)c1CC. The van der Waals surface area contributed by atoms with E-state index in [1.165, 1.54) is 5.56 Å². The Labute approximate surface area is 117 Å². The average Bonchev–Trinajstić information content (AvgIpc) is 2.45. The Hall–Kier alpha value is -1.32. The van der Waals surface area contributed by atoms with Crippen LogP contribution in [0, 0.1) is 0 Å². The van der Waals surface area contributed by atoms with Crippen molar-refractivity contribution in [3.8, 4) is 0 Å². The van der Waals surface area contributed by atoms with Crippen LogP contribution in [0.15, 0.2) is 6.33 Å². The molecule has 0 atom stereocenters. The van der Waals surface area contributed by atoms with Gasteiger partial charge >= 0.3 is 0 Å². The second kappa shape index (κ2) is 7.97. The summed E-state index contributed by atoms with van der Waals surface area (Å²) in [5.41, 5.74) is 1.23. The third kappa shape index (κ3) is 3.82. The summed E-state index contributed by atoms with van der Waals surface area (Å²) in [6, 6.07) is 0.541. The van der Waals surface area contributed by atoms with Gasteiger partial charge in [-0.2, -0.15) is 0 Å². The molecule has 0 amide bonds. The molecule has 0 aliphatic carbocycles. The summed E-state index contributed by atoms with van der Waals surface area (Å²) in [6.07, 6.45) is 6.00. The van der Waals surface area contributed by atoms with Crippen molar-refractivity contribution in [1.29, 1.82) is 0 Å². The summed E-state index contributed by atoms with van der Waals surface area (Å²) in [5.74, 6) is 2.07. The van der Waals surface area contributed by atoms with Gasteiger partial charge in [0, 0.05) is 25.2 Å². The van der Waals surface area contributed by atoms with Gasteiger partial charge in [-0.05, 0) is 25.7 Å². The van der Waals surface area contributed by atoms with Gasteiger partial charge in [0.25, 0.3) is 0 Å². The van der Waals surface area contributed by atoms with Crippen LogP contribution in [0.1, 0.15) is 52.5 Å². The van der Waals surface area contributed by atoms with Crippen molar-refractivity contribution in [1.82, 2.24) is 9.97 Å². The van der Waals surface area contributed by atoms with Gasteiger partial charge in [-0.3, -0.25) is 0 Å². The Bertz CT molecular complexity index is 374. The summed E-state index contributed by atoms with van der Waals surface area (Å²) in [6.45, 7) is 9.75. The summed E-state index contributed by atoms with van der Waals surface area (Å²) in [7, 11) is 2.14. The Morgan fingerprint density at radius 1 is 1.16 bits per heavy atom. The van der Waals surface area contributed by atoms with E-state index in [9.17, 15) is 0 Å². The quantitative estimate of drug-likeness (QED) is 0.780. The molecule has 4 nitrogen and oxygen atoms in total.